The lowest BCUT2D eigenvalue weighted by molar-refractivity contribution is 0.601. The van der Waals surface area contributed by atoms with Gasteiger partial charge in [-0.2, -0.15) is 5.26 Å². The summed E-state index contributed by atoms with van der Waals surface area (Å²) in [6.45, 7) is 1.73. The van der Waals surface area contributed by atoms with Gasteiger partial charge >= 0.3 is 0 Å². The van der Waals surface area contributed by atoms with Crippen LogP contribution in [-0.4, -0.2) is 8.42 Å². The van der Waals surface area contributed by atoms with Gasteiger partial charge in [0.2, 0.25) is 0 Å². The average Bonchev–Trinajstić information content (AvgIpc) is 2.71. The first-order chi connectivity index (χ1) is 9.33. The summed E-state index contributed by atoms with van der Waals surface area (Å²) in [4.78, 5) is 0.890. The van der Waals surface area contributed by atoms with E-state index in [9.17, 15) is 8.42 Å². The van der Waals surface area contributed by atoms with Gasteiger partial charge < -0.3 is 0 Å². The first-order valence-electron chi connectivity index (χ1n) is 5.32. The first-order valence-corrected chi connectivity index (χ1v) is 8.79. The molecule has 0 fully saturated rings. The highest BCUT2D eigenvalue weighted by atomic mass is 79.9. The SMILES string of the molecule is Cc1sc(Br)cc1S(=O)(=O)Nc1ccc(Cl)c(C#N)c1. The number of hydrogen-bond acceptors (Lipinski definition) is 4. The van der Waals surface area contributed by atoms with Crippen molar-refractivity contribution >= 4 is 54.6 Å². The monoisotopic (exact) mass is 390 g/mol. The molecule has 0 saturated heterocycles. The standard InChI is InChI=1S/C12H8BrClN2O2S2/c1-7-11(5-12(13)19-7)20(17,18)16-9-2-3-10(14)8(4-9)6-15/h2-5,16H,1H3. The van der Waals surface area contributed by atoms with Crippen molar-refractivity contribution in [1.29, 1.82) is 5.26 Å². The third-order valence-electron chi connectivity index (χ3n) is 2.47. The maximum Gasteiger partial charge on any atom is 0.263 e. The molecule has 0 saturated carbocycles. The largest absolute Gasteiger partial charge is 0.280 e. The molecular formula is C12H8BrClN2O2S2. The van der Waals surface area contributed by atoms with Crippen LogP contribution in [0.4, 0.5) is 5.69 Å². The Bertz CT molecular complexity index is 809. The zero-order valence-corrected chi connectivity index (χ0v) is 14.1. The number of thiophene rings is 1. The van der Waals surface area contributed by atoms with Crippen LogP contribution in [0.2, 0.25) is 5.02 Å². The van der Waals surface area contributed by atoms with Crippen LogP contribution in [0.5, 0.6) is 0 Å². The maximum atomic E-state index is 12.3. The van der Waals surface area contributed by atoms with E-state index < -0.39 is 10.0 Å². The molecule has 1 aromatic heterocycles. The molecule has 2 aromatic rings. The van der Waals surface area contributed by atoms with Gasteiger partial charge in [-0.25, -0.2) is 8.42 Å². The number of aryl methyl sites for hydroxylation is 1. The Balaban J connectivity index is 2.39. The lowest BCUT2D eigenvalue weighted by Crippen LogP contribution is -2.13. The lowest BCUT2D eigenvalue weighted by atomic mass is 10.2. The smallest absolute Gasteiger partial charge is 0.263 e. The van der Waals surface area contributed by atoms with Crippen LogP contribution in [0.25, 0.3) is 0 Å². The molecule has 20 heavy (non-hydrogen) atoms. The number of sulfonamides is 1. The summed E-state index contributed by atoms with van der Waals surface area (Å²) in [5, 5.41) is 9.17. The van der Waals surface area contributed by atoms with Gasteiger partial charge in [-0.15, -0.1) is 11.3 Å². The molecule has 0 aliphatic carbocycles. The van der Waals surface area contributed by atoms with Crippen LogP contribution in [0.1, 0.15) is 10.4 Å². The minimum absolute atomic E-state index is 0.211. The summed E-state index contributed by atoms with van der Waals surface area (Å²) in [7, 11) is -3.68. The third kappa shape index (κ3) is 3.15. The highest BCUT2D eigenvalue weighted by Gasteiger charge is 2.20. The van der Waals surface area contributed by atoms with Crippen molar-refractivity contribution in [3.63, 3.8) is 0 Å². The fourth-order valence-electron chi connectivity index (χ4n) is 1.58. The van der Waals surface area contributed by atoms with Crippen molar-refractivity contribution in [3.8, 4) is 6.07 Å². The Hall–Kier alpha value is -1.07. The van der Waals surface area contributed by atoms with E-state index in [0.717, 1.165) is 3.79 Å². The highest BCUT2D eigenvalue weighted by Crippen LogP contribution is 2.31. The predicted molar refractivity (Wildman–Crippen MR) is 83.7 cm³/mol. The molecule has 0 amide bonds. The van der Waals surface area contributed by atoms with E-state index in [-0.39, 0.29) is 15.5 Å². The van der Waals surface area contributed by atoms with Crippen LogP contribution in [0.15, 0.2) is 32.9 Å². The van der Waals surface area contributed by atoms with Crippen molar-refractivity contribution < 1.29 is 8.42 Å². The maximum absolute atomic E-state index is 12.3. The molecule has 0 atom stereocenters. The average molecular weight is 392 g/mol. The zero-order valence-electron chi connectivity index (χ0n) is 10.1. The van der Waals surface area contributed by atoms with E-state index in [1.54, 1.807) is 13.0 Å². The Labute approximate surface area is 134 Å². The van der Waals surface area contributed by atoms with Gasteiger partial charge in [0, 0.05) is 4.88 Å². The molecule has 0 spiro atoms. The van der Waals surface area contributed by atoms with E-state index in [4.69, 9.17) is 16.9 Å². The van der Waals surface area contributed by atoms with Crippen LogP contribution >= 0.6 is 38.9 Å². The molecule has 1 heterocycles. The molecule has 0 unspecified atom stereocenters. The summed E-state index contributed by atoms with van der Waals surface area (Å²) in [5.41, 5.74) is 0.516. The minimum Gasteiger partial charge on any atom is -0.280 e. The van der Waals surface area contributed by atoms with Crippen LogP contribution < -0.4 is 4.72 Å². The fraction of sp³-hybridized carbons (Fsp3) is 0.0833. The molecule has 1 N–H and O–H groups in total. The Morgan fingerprint density at radius 1 is 1.40 bits per heavy atom. The number of benzene rings is 1. The second-order valence-corrected chi connectivity index (χ2v) is 8.58. The predicted octanol–water partition coefficient (Wildman–Crippen LogP) is 4.14. The number of anilines is 1. The molecular weight excluding hydrogens is 384 g/mol. The van der Waals surface area contributed by atoms with E-state index in [1.807, 2.05) is 6.07 Å². The third-order valence-corrected chi connectivity index (χ3v) is 5.99. The van der Waals surface area contributed by atoms with Crippen molar-refractivity contribution in [1.82, 2.24) is 0 Å². The van der Waals surface area contributed by atoms with Crippen molar-refractivity contribution in [2.45, 2.75) is 11.8 Å². The summed E-state index contributed by atoms with van der Waals surface area (Å²) < 4.78 is 27.7. The molecule has 8 heteroatoms. The van der Waals surface area contributed by atoms with E-state index >= 15 is 0 Å². The molecule has 0 aliphatic heterocycles. The quantitative estimate of drug-likeness (QED) is 0.854. The number of nitrogens with zero attached hydrogens (tertiary/aromatic N) is 1. The van der Waals surface area contributed by atoms with Gasteiger partial charge in [-0.1, -0.05) is 11.6 Å². The summed E-state index contributed by atoms with van der Waals surface area (Å²) in [5.74, 6) is 0. The van der Waals surface area contributed by atoms with Crippen LogP contribution in [-0.2, 0) is 10.0 Å². The molecule has 104 valence electrons. The van der Waals surface area contributed by atoms with E-state index in [0.29, 0.717) is 10.6 Å². The number of rotatable bonds is 3. The van der Waals surface area contributed by atoms with E-state index in [2.05, 4.69) is 20.7 Å². The number of halogens is 2. The second-order valence-electron chi connectivity index (χ2n) is 3.88. The molecule has 2 rings (SSSR count). The highest BCUT2D eigenvalue weighted by molar-refractivity contribution is 9.11. The number of nitriles is 1. The molecule has 0 radical (unpaired) electrons. The summed E-state index contributed by atoms with van der Waals surface area (Å²) in [6, 6.07) is 7.84. The second kappa shape index (κ2) is 5.74. The van der Waals surface area contributed by atoms with Gasteiger partial charge in [0.05, 0.1) is 20.1 Å². The van der Waals surface area contributed by atoms with Gasteiger partial charge in [0.1, 0.15) is 11.0 Å². The van der Waals surface area contributed by atoms with Crippen LogP contribution in [0, 0.1) is 18.3 Å². The first kappa shape index (κ1) is 15.3. The van der Waals surface area contributed by atoms with Crippen molar-refractivity contribution in [2.75, 3.05) is 4.72 Å². The minimum atomic E-state index is -3.68. The van der Waals surface area contributed by atoms with Crippen molar-refractivity contribution in [3.05, 3.63) is 43.5 Å². The van der Waals surface area contributed by atoms with Gasteiger partial charge in [0.25, 0.3) is 10.0 Å². The van der Waals surface area contributed by atoms with Gasteiger partial charge in [-0.3, -0.25) is 4.72 Å². The van der Waals surface area contributed by atoms with Gasteiger partial charge in [-0.05, 0) is 47.1 Å². The topological polar surface area (TPSA) is 70.0 Å². The Morgan fingerprint density at radius 2 is 2.10 bits per heavy atom. The Kier molecular flexibility index (Phi) is 4.39. The van der Waals surface area contributed by atoms with E-state index in [1.165, 1.54) is 29.5 Å². The van der Waals surface area contributed by atoms with Crippen LogP contribution in [0.3, 0.4) is 0 Å². The number of nitrogens with one attached hydrogen (secondary N) is 1. The summed E-state index contributed by atoms with van der Waals surface area (Å²) in [6.07, 6.45) is 0. The zero-order chi connectivity index (χ0) is 14.9. The normalized spacial score (nSPS) is 11.1. The summed E-state index contributed by atoms with van der Waals surface area (Å²) >= 11 is 10.4. The van der Waals surface area contributed by atoms with Crippen molar-refractivity contribution in [2.24, 2.45) is 0 Å². The molecule has 0 bridgehead atoms. The Morgan fingerprint density at radius 3 is 2.65 bits per heavy atom. The number of hydrogen-bond donors (Lipinski definition) is 1. The molecule has 0 aliphatic rings. The van der Waals surface area contributed by atoms with Gasteiger partial charge in [0.15, 0.2) is 0 Å². The molecule has 1 aromatic carbocycles. The fourth-order valence-corrected chi connectivity index (χ4v) is 5.21. The lowest BCUT2D eigenvalue weighted by Gasteiger charge is -2.08. The molecule has 4 nitrogen and oxygen atoms in total.